The van der Waals surface area contributed by atoms with Crippen LogP contribution in [-0.2, 0) is 0 Å². The molecule has 0 saturated heterocycles. The molecule has 0 unspecified atom stereocenters. The van der Waals surface area contributed by atoms with Gasteiger partial charge in [-0.2, -0.15) is 0 Å². The van der Waals surface area contributed by atoms with E-state index in [0.717, 1.165) is 0 Å². The fourth-order valence-corrected chi connectivity index (χ4v) is 1.38. The second-order valence-corrected chi connectivity index (χ2v) is 3.31. The first-order chi connectivity index (χ1) is 5.52. The van der Waals surface area contributed by atoms with Crippen molar-refractivity contribution < 1.29 is 4.92 Å². The molecule has 0 bridgehead atoms. The number of nitrogens with zero attached hydrogens (tertiary/aromatic N) is 2. The van der Waals surface area contributed by atoms with Gasteiger partial charge < -0.3 is 0 Å². The molecule has 1 aromatic heterocycles. The summed E-state index contributed by atoms with van der Waals surface area (Å²) in [6, 6.07) is 1.27. The maximum absolute atomic E-state index is 10.4. The van der Waals surface area contributed by atoms with Gasteiger partial charge >= 0.3 is 0 Å². The van der Waals surface area contributed by atoms with Gasteiger partial charge in [0.1, 0.15) is 9.63 Å². The lowest BCUT2D eigenvalue weighted by atomic mass is 10.3. The van der Waals surface area contributed by atoms with Crippen LogP contribution >= 0.6 is 27.5 Å². The van der Waals surface area contributed by atoms with E-state index in [1.807, 2.05) is 0 Å². The molecule has 0 aliphatic heterocycles. The molecule has 0 aromatic carbocycles. The number of aryl methyl sites for hydroxylation is 1. The lowest BCUT2D eigenvalue weighted by Gasteiger charge is -1.98. The Kier molecular flexibility index (Phi) is 2.64. The topological polar surface area (TPSA) is 56.0 Å². The highest BCUT2D eigenvalue weighted by atomic mass is 79.9. The number of nitro groups is 1. The highest BCUT2D eigenvalue weighted by molar-refractivity contribution is 9.10. The van der Waals surface area contributed by atoms with Gasteiger partial charge in [0.2, 0.25) is 0 Å². The smallest absolute Gasteiger partial charge is 0.258 e. The van der Waals surface area contributed by atoms with Crippen LogP contribution in [0.4, 0.5) is 5.69 Å². The predicted octanol–water partition coefficient (Wildman–Crippen LogP) is 2.71. The Morgan fingerprint density at radius 3 is 2.83 bits per heavy atom. The summed E-state index contributed by atoms with van der Waals surface area (Å²) in [6.45, 7) is 1.61. The normalized spacial score (nSPS) is 9.92. The Hall–Kier alpha value is -0.680. The third kappa shape index (κ3) is 1.73. The van der Waals surface area contributed by atoms with E-state index in [1.165, 1.54) is 6.07 Å². The summed E-state index contributed by atoms with van der Waals surface area (Å²) < 4.78 is 0.413. The highest BCUT2D eigenvalue weighted by Crippen LogP contribution is 2.28. The fourth-order valence-electron chi connectivity index (χ4n) is 0.736. The van der Waals surface area contributed by atoms with Crippen molar-refractivity contribution in [3.63, 3.8) is 0 Å². The zero-order valence-corrected chi connectivity index (χ0v) is 8.39. The second kappa shape index (κ2) is 3.37. The van der Waals surface area contributed by atoms with Crippen molar-refractivity contribution in [1.29, 1.82) is 0 Å². The molecule has 0 amide bonds. The van der Waals surface area contributed by atoms with Crippen molar-refractivity contribution in [1.82, 2.24) is 4.98 Å². The van der Waals surface area contributed by atoms with Crippen molar-refractivity contribution in [2.24, 2.45) is 0 Å². The van der Waals surface area contributed by atoms with E-state index in [1.54, 1.807) is 6.92 Å². The van der Waals surface area contributed by atoms with E-state index in [4.69, 9.17) is 11.6 Å². The van der Waals surface area contributed by atoms with Gasteiger partial charge in [-0.3, -0.25) is 10.1 Å². The first-order valence-electron chi connectivity index (χ1n) is 2.99. The first kappa shape index (κ1) is 9.41. The molecule has 0 fully saturated rings. The average molecular weight is 251 g/mol. The standard InChI is InChI=1S/C6H4BrClN2O2/c1-3-6(8)4(10(11)12)2-5(7)9-3/h2H,1H3. The molecule has 0 N–H and O–H groups in total. The van der Waals surface area contributed by atoms with Gasteiger partial charge in [-0.25, -0.2) is 4.98 Å². The van der Waals surface area contributed by atoms with Crippen molar-refractivity contribution in [3.8, 4) is 0 Å². The highest BCUT2D eigenvalue weighted by Gasteiger charge is 2.15. The molecule has 6 heteroatoms. The minimum Gasteiger partial charge on any atom is -0.258 e. The molecule has 1 rings (SSSR count). The van der Waals surface area contributed by atoms with Gasteiger partial charge in [0.15, 0.2) is 0 Å². The van der Waals surface area contributed by atoms with Gasteiger partial charge in [-0.15, -0.1) is 0 Å². The van der Waals surface area contributed by atoms with Crippen LogP contribution in [0.25, 0.3) is 0 Å². The third-order valence-electron chi connectivity index (χ3n) is 1.27. The summed E-state index contributed by atoms with van der Waals surface area (Å²) in [6.07, 6.45) is 0. The number of hydrogen-bond acceptors (Lipinski definition) is 3. The van der Waals surface area contributed by atoms with Crippen LogP contribution in [0.5, 0.6) is 0 Å². The number of aromatic nitrogens is 1. The van der Waals surface area contributed by atoms with Crippen molar-refractivity contribution in [2.45, 2.75) is 6.92 Å². The maximum atomic E-state index is 10.4. The monoisotopic (exact) mass is 250 g/mol. The molecule has 1 heterocycles. The zero-order valence-electron chi connectivity index (χ0n) is 6.04. The summed E-state index contributed by atoms with van der Waals surface area (Å²) in [5.41, 5.74) is 0.314. The van der Waals surface area contributed by atoms with Crippen molar-refractivity contribution in [2.75, 3.05) is 0 Å². The second-order valence-electron chi connectivity index (χ2n) is 2.12. The molecule has 0 atom stereocenters. The van der Waals surface area contributed by atoms with Crippen LogP contribution in [0.15, 0.2) is 10.7 Å². The van der Waals surface area contributed by atoms with Gasteiger partial charge in [0.25, 0.3) is 5.69 Å². The summed E-state index contributed by atoms with van der Waals surface area (Å²) in [5, 5.41) is 10.5. The van der Waals surface area contributed by atoms with Crippen LogP contribution < -0.4 is 0 Å². The number of halogens is 2. The van der Waals surface area contributed by atoms with E-state index in [2.05, 4.69) is 20.9 Å². The van der Waals surface area contributed by atoms with E-state index >= 15 is 0 Å². The lowest BCUT2D eigenvalue weighted by molar-refractivity contribution is -0.384. The Bertz CT molecular complexity index is 343. The van der Waals surface area contributed by atoms with E-state index in [-0.39, 0.29) is 10.7 Å². The molecule has 1 aromatic rings. The molecule has 0 spiro atoms. The van der Waals surface area contributed by atoms with Crippen LogP contribution in [-0.4, -0.2) is 9.91 Å². The quantitative estimate of drug-likeness (QED) is 0.438. The SMILES string of the molecule is Cc1nc(Br)cc([N+](=O)[O-])c1Cl. The molecule has 12 heavy (non-hydrogen) atoms. The first-order valence-corrected chi connectivity index (χ1v) is 4.16. The van der Waals surface area contributed by atoms with Gasteiger partial charge in [-0.1, -0.05) is 11.6 Å². The Balaban J connectivity index is 3.37. The number of hydrogen-bond donors (Lipinski definition) is 0. The van der Waals surface area contributed by atoms with Crippen LogP contribution in [0.2, 0.25) is 5.02 Å². The van der Waals surface area contributed by atoms with E-state index < -0.39 is 4.92 Å². The predicted molar refractivity (Wildman–Crippen MR) is 48.3 cm³/mol. The maximum Gasteiger partial charge on any atom is 0.292 e. The number of rotatable bonds is 1. The van der Waals surface area contributed by atoms with E-state index in [9.17, 15) is 10.1 Å². The lowest BCUT2D eigenvalue weighted by Crippen LogP contribution is -1.93. The fraction of sp³-hybridized carbons (Fsp3) is 0.167. The minimum atomic E-state index is -0.540. The summed E-state index contributed by atoms with van der Waals surface area (Å²) >= 11 is 8.68. The molecular weight excluding hydrogens is 247 g/mol. The van der Waals surface area contributed by atoms with Gasteiger partial charge in [0.05, 0.1) is 16.7 Å². The third-order valence-corrected chi connectivity index (χ3v) is 2.14. The minimum absolute atomic E-state index is 0.0863. The van der Waals surface area contributed by atoms with Gasteiger partial charge in [-0.05, 0) is 22.9 Å². The molecule has 64 valence electrons. The van der Waals surface area contributed by atoms with Gasteiger partial charge in [0, 0.05) is 0 Å². The van der Waals surface area contributed by atoms with Crippen molar-refractivity contribution in [3.05, 3.63) is 31.5 Å². The van der Waals surface area contributed by atoms with Crippen LogP contribution in [0, 0.1) is 17.0 Å². The molecular formula is C6H4BrClN2O2. The molecule has 4 nitrogen and oxygen atoms in total. The number of pyridine rings is 1. The Morgan fingerprint density at radius 2 is 2.33 bits per heavy atom. The average Bonchev–Trinajstić information content (AvgIpc) is 1.96. The summed E-state index contributed by atoms with van der Waals surface area (Å²) in [4.78, 5) is 13.8. The summed E-state index contributed by atoms with van der Waals surface area (Å²) in [5.74, 6) is 0. The van der Waals surface area contributed by atoms with Crippen LogP contribution in [0.1, 0.15) is 5.69 Å². The van der Waals surface area contributed by atoms with Crippen LogP contribution in [0.3, 0.4) is 0 Å². The Labute approximate surface area is 81.8 Å². The molecule has 0 saturated carbocycles. The van der Waals surface area contributed by atoms with Crippen molar-refractivity contribution >= 4 is 33.2 Å². The molecule has 0 radical (unpaired) electrons. The zero-order chi connectivity index (χ0) is 9.30. The van der Waals surface area contributed by atoms with E-state index in [0.29, 0.717) is 10.3 Å². The summed E-state index contributed by atoms with van der Waals surface area (Å²) in [7, 11) is 0. The largest absolute Gasteiger partial charge is 0.292 e. The molecule has 0 aliphatic carbocycles. The Morgan fingerprint density at radius 1 is 1.75 bits per heavy atom. The molecule has 0 aliphatic rings.